The molecule has 0 aliphatic heterocycles. The molecule has 0 amide bonds. The van der Waals surface area contributed by atoms with Crippen LogP contribution in [0.3, 0.4) is 0 Å². The number of benzene rings is 1. The van der Waals surface area contributed by atoms with Crippen molar-refractivity contribution in [3.05, 3.63) is 34.3 Å². The maximum absolute atomic E-state index is 3.49. The van der Waals surface area contributed by atoms with Crippen molar-refractivity contribution in [1.29, 1.82) is 0 Å². The van der Waals surface area contributed by atoms with Gasteiger partial charge in [-0.3, -0.25) is 0 Å². The molecule has 0 saturated carbocycles. The summed E-state index contributed by atoms with van der Waals surface area (Å²) in [6.45, 7) is 4.57. The summed E-state index contributed by atoms with van der Waals surface area (Å²) in [7, 11) is 0. The van der Waals surface area contributed by atoms with E-state index in [0.29, 0.717) is 0 Å². The predicted octanol–water partition coefficient (Wildman–Crippen LogP) is 4.43. The molecule has 1 aromatic rings. The Hall–Kier alpha value is -0.300. The van der Waals surface area contributed by atoms with Crippen LogP contribution in [0.4, 0.5) is 0 Å². The summed E-state index contributed by atoms with van der Waals surface area (Å²) >= 11 is 3.49. The topological polar surface area (TPSA) is 0 Å². The molecule has 0 saturated heterocycles. The molecule has 1 heteroatoms. The standard InChI is InChI=1S/C12H17Br/c1-3-5-10(2)8-11-6-4-7-12(13)9-11/h4,6-7,9-10H,3,5,8H2,1-2H3. The van der Waals surface area contributed by atoms with Crippen molar-refractivity contribution < 1.29 is 0 Å². The fourth-order valence-corrected chi connectivity index (χ4v) is 2.11. The highest BCUT2D eigenvalue weighted by molar-refractivity contribution is 9.10. The Bertz CT molecular complexity index is 255. The normalized spacial score (nSPS) is 12.8. The summed E-state index contributed by atoms with van der Waals surface area (Å²) in [6, 6.07) is 8.61. The van der Waals surface area contributed by atoms with Gasteiger partial charge in [-0.05, 0) is 30.0 Å². The van der Waals surface area contributed by atoms with Gasteiger partial charge in [0.25, 0.3) is 0 Å². The molecule has 0 bridgehead atoms. The summed E-state index contributed by atoms with van der Waals surface area (Å²) in [4.78, 5) is 0. The van der Waals surface area contributed by atoms with Crippen molar-refractivity contribution in [3.8, 4) is 0 Å². The molecule has 0 aliphatic rings. The molecule has 72 valence electrons. The Kier molecular flexibility index (Phi) is 4.51. The molecule has 0 nitrogen and oxygen atoms in total. The summed E-state index contributed by atoms with van der Waals surface area (Å²) in [5.74, 6) is 0.805. The van der Waals surface area contributed by atoms with Gasteiger partial charge in [0.2, 0.25) is 0 Å². The van der Waals surface area contributed by atoms with Gasteiger partial charge in [0, 0.05) is 4.47 Å². The van der Waals surface area contributed by atoms with Crippen LogP contribution in [0.25, 0.3) is 0 Å². The highest BCUT2D eigenvalue weighted by Gasteiger charge is 2.02. The van der Waals surface area contributed by atoms with Crippen molar-refractivity contribution in [1.82, 2.24) is 0 Å². The fourth-order valence-electron chi connectivity index (χ4n) is 1.66. The van der Waals surface area contributed by atoms with Crippen LogP contribution in [-0.4, -0.2) is 0 Å². The maximum Gasteiger partial charge on any atom is 0.0177 e. The lowest BCUT2D eigenvalue weighted by atomic mass is 9.97. The van der Waals surface area contributed by atoms with Gasteiger partial charge in [-0.15, -0.1) is 0 Å². The van der Waals surface area contributed by atoms with Gasteiger partial charge in [0.05, 0.1) is 0 Å². The van der Waals surface area contributed by atoms with Gasteiger partial charge in [0.1, 0.15) is 0 Å². The van der Waals surface area contributed by atoms with E-state index in [1.807, 2.05) is 0 Å². The Balaban J connectivity index is 2.53. The summed E-state index contributed by atoms with van der Waals surface area (Å²) in [5.41, 5.74) is 1.44. The zero-order chi connectivity index (χ0) is 9.68. The van der Waals surface area contributed by atoms with Gasteiger partial charge in [0.15, 0.2) is 0 Å². The number of hydrogen-bond donors (Lipinski definition) is 0. The zero-order valence-corrected chi connectivity index (χ0v) is 9.97. The molecule has 0 radical (unpaired) electrons. The zero-order valence-electron chi connectivity index (χ0n) is 8.39. The van der Waals surface area contributed by atoms with E-state index in [4.69, 9.17) is 0 Å². The Morgan fingerprint density at radius 2 is 2.15 bits per heavy atom. The Morgan fingerprint density at radius 1 is 1.38 bits per heavy atom. The average Bonchev–Trinajstić information content (AvgIpc) is 2.04. The quantitative estimate of drug-likeness (QED) is 0.731. The molecular formula is C12H17Br. The Labute approximate surface area is 89.5 Å². The highest BCUT2D eigenvalue weighted by Crippen LogP contribution is 2.17. The van der Waals surface area contributed by atoms with Crippen molar-refractivity contribution in [2.45, 2.75) is 33.1 Å². The predicted molar refractivity (Wildman–Crippen MR) is 61.9 cm³/mol. The maximum atomic E-state index is 3.49. The molecule has 1 aromatic carbocycles. The first-order valence-corrected chi connectivity index (χ1v) is 5.76. The van der Waals surface area contributed by atoms with Crippen LogP contribution in [-0.2, 0) is 6.42 Å². The number of halogens is 1. The molecule has 1 atom stereocenters. The van der Waals surface area contributed by atoms with Gasteiger partial charge in [-0.1, -0.05) is 54.8 Å². The van der Waals surface area contributed by atoms with Crippen LogP contribution in [0.5, 0.6) is 0 Å². The second-order valence-electron chi connectivity index (χ2n) is 3.73. The summed E-state index contributed by atoms with van der Waals surface area (Å²) in [6.07, 6.45) is 3.81. The molecule has 0 N–H and O–H groups in total. The third-order valence-corrected chi connectivity index (χ3v) is 2.75. The van der Waals surface area contributed by atoms with Crippen molar-refractivity contribution in [3.63, 3.8) is 0 Å². The molecule has 0 spiro atoms. The van der Waals surface area contributed by atoms with Crippen molar-refractivity contribution in [2.75, 3.05) is 0 Å². The average molecular weight is 241 g/mol. The third-order valence-electron chi connectivity index (χ3n) is 2.25. The smallest absolute Gasteiger partial charge is 0.0177 e. The van der Waals surface area contributed by atoms with E-state index in [2.05, 4.69) is 54.0 Å². The SMILES string of the molecule is CCCC(C)Cc1cccc(Br)c1. The summed E-state index contributed by atoms with van der Waals surface area (Å²) in [5, 5.41) is 0. The van der Waals surface area contributed by atoms with E-state index < -0.39 is 0 Å². The first kappa shape index (κ1) is 10.8. The van der Waals surface area contributed by atoms with Gasteiger partial charge < -0.3 is 0 Å². The van der Waals surface area contributed by atoms with Crippen molar-refractivity contribution >= 4 is 15.9 Å². The second kappa shape index (κ2) is 5.43. The highest BCUT2D eigenvalue weighted by atomic mass is 79.9. The van der Waals surface area contributed by atoms with Gasteiger partial charge in [-0.25, -0.2) is 0 Å². The summed E-state index contributed by atoms with van der Waals surface area (Å²) < 4.78 is 1.19. The molecule has 13 heavy (non-hydrogen) atoms. The van der Waals surface area contributed by atoms with E-state index in [1.165, 1.54) is 29.3 Å². The molecule has 1 unspecified atom stereocenters. The van der Waals surface area contributed by atoms with E-state index in [9.17, 15) is 0 Å². The number of hydrogen-bond acceptors (Lipinski definition) is 0. The molecule has 0 heterocycles. The van der Waals surface area contributed by atoms with Crippen LogP contribution in [0.15, 0.2) is 28.7 Å². The van der Waals surface area contributed by atoms with Gasteiger partial charge >= 0.3 is 0 Å². The fraction of sp³-hybridized carbons (Fsp3) is 0.500. The van der Waals surface area contributed by atoms with Crippen LogP contribution in [0, 0.1) is 5.92 Å². The molecule has 0 aliphatic carbocycles. The molecule has 0 fully saturated rings. The molecule has 1 rings (SSSR count). The third kappa shape index (κ3) is 3.95. The minimum absolute atomic E-state index is 0.805. The lowest BCUT2D eigenvalue weighted by molar-refractivity contribution is 0.522. The van der Waals surface area contributed by atoms with Crippen LogP contribution in [0.1, 0.15) is 32.3 Å². The first-order chi connectivity index (χ1) is 6.22. The van der Waals surface area contributed by atoms with E-state index in [0.717, 1.165) is 5.92 Å². The lowest BCUT2D eigenvalue weighted by Crippen LogP contribution is -1.98. The van der Waals surface area contributed by atoms with Crippen LogP contribution < -0.4 is 0 Å². The van der Waals surface area contributed by atoms with E-state index >= 15 is 0 Å². The largest absolute Gasteiger partial charge is 0.0654 e. The second-order valence-corrected chi connectivity index (χ2v) is 4.64. The van der Waals surface area contributed by atoms with E-state index in [-0.39, 0.29) is 0 Å². The Morgan fingerprint density at radius 3 is 2.77 bits per heavy atom. The minimum atomic E-state index is 0.805. The van der Waals surface area contributed by atoms with Crippen molar-refractivity contribution in [2.24, 2.45) is 5.92 Å². The molecular weight excluding hydrogens is 224 g/mol. The first-order valence-electron chi connectivity index (χ1n) is 4.96. The lowest BCUT2D eigenvalue weighted by Gasteiger charge is -2.09. The van der Waals surface area contributed by atoms with Crippen LogP contribution >= 0.6 is 15.9 Å². The van der Waals surface area contributed by atoms with Crippen LogP contribution in [0.2, 0.25) is 0 Å². The van der Waals surface area contributed by atoms with Gasteiger partial charge in [-0.2, -0.15) is 0 Å². The monoisotopic (exact) mass is 240 g/mol. The minimum Gasteiger partial charge on any atom is -0.0654 e. The van der Waals surface area contributed by atoms with E-state index in [1.54, 1.807) is 0 Å². The molecule has 0 aromatic heterocycles. The number of rotatable bonds is 4.